The number of benzene rings is 1. The zero-order valence-electron chi connectivity index (χ0n) is 26.7. The number of imidazole rings is 1. The summed E-state index contributed by atoms with van der Waals surface area (Å²) in [6, 6.07) is 3.50. The fourth-order valence-electron chi connectivity index (χ4n) is 6.59. The molecule has 1 aromatic carbocycles. The lowest BCUT2D eigenvalue weighted by molar-refractivity contribution is -0.143. The molecule has 0 unspecified atom stereocenters. The van der Waals surface area contributed by atoms with Crippen molar-refractivity contribution in [2.24, 2.45) is 5.92 Å². The third-order valence-electron chi connectivity index (χ3n) is 9.04. The third-order valence-corrected chi connectivity index (χ3v) is 11.4. The predicted octanol–water partition coefficient (Wildman–Crippen LogP) is 4.36. The Morgan fingerprint density at radius 3 is 2.34 bits per heavy atom. The van der Waals surface area contributed by atoms with Gasteiger partial charge < -0.3 is 19.9 Å². The van der Waals surface area contributed by atoms with Crippen LogP contribution in [0.4, 0.5) is 0 Å². The zero-order chi connectivity index (χ0) is 34.0. The number of carbonyl (C=O) groups is 3. The standard InChI is InChI=1S/C32H40Cl2N6O6S/c1-4-27-37-29-19(2)14-20(3)35-30(29)39(27)18-21-9-12-38(13-10-21)28(41)8-7-25(32(43)44)36-31(42)26-6-5-11-40(26)47(45,46)24-16-22(33)15-23(34)17-24/h14-17,21,25-26H,4-13,18H2,1-3H3,(H,36,42)(H,43,44)/t25-,26-/m0/s1. The maximum atomic E-state index is 13.3. The van der Waals surface area contributed by atoms with Crippen molar-refractivity contribution in [1.29, 1.82) is 0 Å². The monoisotopic (exact) mass is 706 g/mol. The number of hydrogen-bond donors (Lipinski definition) is 2. The van der Waals surface area contributed by atoms with Crippen LogP contribution in [0.1, 0.15) is 62.5 Å². The second-order valence-electron chi connectivity index (χ2n) is 12.4. The number of sulfonamides is 1. The van der Waals surface area contributed by atoms with Crippen LogP contribution in [0.25, 0.3) is 11.2 Å². The Morgan fingerprint density at radius 2 is 1.70 bits per heavy atom. The summed E-state index contributed by atoms with van der Waals surface area (Å²) >= 11 is 12.0. The average Bonchev–Trinajstić information content (AvgIpc) is 3.65. The minimum absolute atomic E-state index is 0.0653. The Kier molecular flexibility index (Phi) is 10.8. The molecule has 2 N–H and O–H groups in total. The number of nitrogens with zero attached hydrogens (tertiary/aromatic N) is 5. The highest BCUT2D eigenvalue weighted by Crippen LogP contribution is 2.30. The number of fused-ring (bicyclic) bond motifs is 1. The fraction of sp³-hybridized carbons (Fsp3) is 0.531. The molecule has 2 saturated heterocycles. The molecule has 0 aliphatic carbocycles. The minimum atomic E-state index is -4.13. The number of likely N-dealkylation sites (tertiary alicyclic amines) is 1. The molecule has 2 fully saturated rings. The molecule has 2 atom stereocenters. The first-order chi connectivity index (χ1) is 22.3. The molecule has 2 aliphatic heterocycles. The van der Waals surface area contributed by atoms with Gasteiger partial charge in [0.05, 0.1) is 4.90 Å². The van der Waals surface area contributed by atoms with E-state index in [-0.39, 0.29) is 46.7 Å². The summed E-state index contributed by atoms with van der Waals surface area (Å²) in [4.78, 5) is 49.6. The summed E-state index contributed by atoms with van der Waals surface area (Å²) < 4.78 is 29.9. The van der Waals surface area contributed by atoms with E-state index >= 15 is 0 Å². The van der Waals surface area contributed by atoms with Crippen LogP contribution in [0.3, 0.4) is 0 Å². The third kappa shape index (κ3) is 7.74. The number of hydrogen-bond acceptors (Lipinski definition) is 7. The quantitative estimate of drug-likeness (QED) is 0.298. The molecular weight excluding hydrogens is 667 g/mol. The number of carbonyl (C=O) groups excluding carboxylic acids is 2. The van der Waals surface area contributed by atoms with Gasteiger partial charge in [0, 0.05) is 54.8 Å². The molecule has 15 heteroatoms. The number of aryl methyl sites for hydroxylation is 3. The Bertz CT molecular complexity index is 1770. The molecule has 2 amide bonds. The van der Waals surface area contributed by atoms with E-state index in [1.54, 1.807) is 4.90 Å². The fourth-order valence-corrected chi connectivity index (χ4v) is 8.97. The summed E-state index contributed by atoms with van der Waals surface area (Å²) in [5.74, 6) is -0.866. The average molecular weight is 708 g/mol. The van der Waals surface area contributed by atoms with E-state index < -0.39 is 34.0 Å². The summed E-state index contributed by atoms with van der Waals surface area (Å²) in [5, 5.41) is 12.6. The summed E-state index contributed by atoms with van der Waals surface area (Å²) in [5.41, 5.74) is 3.87. The molecule has 2 aromatic heterocycles. The van der Waals surface area contributed by atoms with Crippen LogP contribution in [0.5, 0.6) is 0 Å². The van der Waals surface area contributed by atoms with Crippen LogP contribution in [0.2, 0.25) is 10.0 Å². The van der Waals surface area contributed by atoms with Crippen molar-refractivity contribution in [3.05, 3.63) is 51.4 Å². The van der Waals surface area contributed by atoms with Crippen molar-refractivity contribution in [3.8, 4) is 0 Å². The van der Waals surface area contributed by atoms with Gasteiger partial charge in [-0.25, -0.2) is 23.2 Å². The first kappa shape index (κ1) is 35.1. The molecule has 2 aliphatic rings. The Balaban J connectivity index is 1.16. The zero-order valence-corrected chi connectivity index (χ0v) is 29.0. The molecule has 3 aromatic rings. The van der Waals surface area contributed by atoms with Gasteiger partial charge in [0.25, 0.3) is 0 Å². The lowest BCUT2D eigenvalue weighted by Crippen LogP contribution is -2.51. The van der Waals surface area contributed by atoms with E-state index in [2.05, 4.69) is 16.8 Å². The first-order valence-corrected chi connectivity index (χ1v) is 18.1. The van der Waals surface area contributed by atoms with Crippen LogP contribution in [-0.4, -0.2) is 86.8 Å². The molecule has 0 bridgehead atoms. The Labute approximate surface area is 284 Å². The number of rotatable bonds is 11. The maximum Gasteiger partial charge on any atom is 0.326 e. The van der Waals surface area contributed by atoms with Gasteiger partial charge in [-0.15, -0.1) is 0 Å². The summed E-state index contributed by atoms with van der Waals surface area (Å²) in [7, 11) is -4.13. The maximum absolute atomic E-state index is 13.3. The van der Waals surface area contributed by atoms with Gasteiger partial charge in [-0.2, -0.15) is 4.31 Å². The molecular formula is C32H40Cl2N6O6S. The van der Waals surface area contributed by atoms with Crippen LogP contribution in [-0.2, 0) is 37.4 Å². The number of carboxylic acid groups (broad SMARTS) is 1. The number of aromatic nitrogens is 3. The van der Waals surface area contributed by atoms with Gasteiger partial charge >= 0.3 is 5.97 Å². The van der Waals surface area contributed by atoms with Gasteiger partial charge in [-0.3, -0.25) is 9.59 Å². The van der Waals surface area contributed by atoms with Crippen molar-refractivity contribution in [2.75, 3.05) is 19.6 Å². The van der Waals surface area contributed by atoms with Crippen LogP contribution in [0, 0.1) is 19.8 Å². The van der Waals surface area contributed by atoms with Gasteiger partial charge in [0.2, 0.25) is 21.8 Å². The van der Waals surface area contributed by atoms with Gasteiger partial charge in [0.1, 0.15) is 23.4 Å². The summed E-state index contributed by atoms with van der Waals surface area (Å²) in [6.45, 7) is 8.06. The smallest absolute Gasteiger partial charge is 0.326 e. The van der Waals surface area contributed by atoms with Crippen molar-refractivity contribution in [2.45, 2.75) is 89.2 Å². The van der Waals surface area contributed by atoms with Crippen molar-refractivity contribution >= 4 is 62.2 Å². The number of pyridine rings is 1. The van der Waals surface area contributed by atoms with E-state index in [9.17, 15) is 27.9 Å². The van der Waals surface area contributed by atoms with Gasteiger partial charge in [0.15, 0.2) is 5.65 Å². The predicted molar refractivity (Wildman–Crippen MR) is 178 cm³/mol. The Hall–Kier alpha value is -3.26. The normalized spacial score (nSPS) is 18.5. The number of halogens is 2. The molecule has 47 heavy (non-hydrogen) atoms. The lowest BCUT2D eigenvalue weighted by atomic mass is 9.96. The van der Waals surface area contributed by atoms with E-state index in [1.165, 1.54) is 18.2 Å². The van der Waals surface area contributed by atoms with E-state index in [1.807, 2.05) is 19.9 Å². The van der Waals surface area contributed by atoms with Crippen LogP contribution < -0.4 is 5.32 Å². The SMILES string of the molecule is CCc1nc2c(C)cc(C)nc2n1CC1CCN(C(=O)CC[C@H](NC(=O)[C@@H]2CCCN2S(=O)(=O)c2cc(Cl)cc(Cl)c2)C(=O)O)CC1. The highest BCUT2D eigenvalue weighted by Gasteiger charge is 2.41. The Morgan fingerprint density at radius 1 is 1.02 bits per heavy atom. The number of nitrogens with one attached hydrogen (secondary N) is 1. The first-order valence-electron chi connectivity index (χ1n) is 15.9. The molecule has 0 spiro atoms. The topological polar surface area (TPSA) is 155 Å². The number of piperidine rings is 1. The van der Waals surface area contributed by atoms with E-state index in [0.29, 0.717) is 25.4 Å². The molecule has 254 valence electrons. The van der Waals surface area contributed by atoms with Crippen molar-refractivity contribution < 1.29 is 27.9 Å². The second-order valence-corrected chi connectivity index (χ2v) is 15.1. The molecule has 5 rings (SSSR count). The summed E-state index contributed by atoms with van der Waals surface area (Å²) in [6.07, 6.45) is 2.84. The molecule has 0 radical (unpaired) electrons. The van der Waals surface area contributed by atoms with Crippen molar-refractivity contribution in [1.82, 2.24) is 29.1 Å². The highest BCUT2D eigenvalue weighted by molar-refractivity contribution is 7.89. The van der Waals surface area contributed by atoms with Gasteiger partial charge in [-0.1, -0.05) is 30.1 Å². The van der Waals surface area contributed by atoms with Crippen LogP contribution >= 0.6 is 23.2 Å². The van der Waals surface area contributed by atoms with E-state index in [0.717, 1.165) is 58.4 Å². The highest BCUT2D eigenvalue weighted by atomic mass is 35.5. The van der Waals surface area contributed by atoms with E-state index in [4.69, 9.17) is 33.2 Å². The van der Waals surface area contributed by atoms with Crippen molar-refractivity contribution in [3.63, 3.8) is 0 Å². The number of carboxylic acids is 1. The molecule has 12 nitrogen and oxygen atoms in total. The largest absolute Gasteiger partial charge is 0.480 e. The second kappa shape index (κ2) is 14.5. The molecule has 4 heterocycles. The number of amides is 2. The minimum Gasteiger partial charge on any atom is -0.480 e. The lowest BCUT2D eigenvalue weighted by Gasteiger charge is -2.33. The van der Waals surface area contributed by atoms with Crippen LogP contribution in [0.15, 0.2) is 29.2 Å². The van der Waals surface area contributed by atoms with Gasteiger partial charge in [-0.05, 0) is 81.7 Å². The number of aliphatic carboxylic acids is 1. The molecule has 0 saturated carbocycles.